The largest absolute Gasteiger partial charge is 0.396 e. The van der Waals surface area contributed by atoms with Crippen molar-refractivity contribution in [1.82, 2.24) is 5.32 Å². The Morgan fingerprint density at radius 3 is 2.69 bits per heavy atom. The maximum atomic E-state index is 11.4. The second-order valence-corrected chi connectivity index (χ2v) is 4.72. The molecule has 2 N–H and O–H groups in total. The number of amides is 1. The molecule has 96 valence electrons. The Kier molecular flexibility index (Phi) is 8.21. The monoisotopic (exact) mass is 231 g/mol. The molecule has 0 fully saturated rings. The second kappa shape index (κ2) is 8.53. The van der Waals surface area contributed by atoms with E-state index in [2.05, 4.69) is 19.2 Å². The van der Waals surface area contributed by atoms with Gasteiger partial charge in [-0.3, -0.25) is 4.79 Å². The van der Waals surface area contributed by atoms with Crippen LogP contribution in [-0.4, -0.2) is 37.4 Å². The average molecular weight is 231 g/mol. The molecule has 0 atom stereocenters. The zero-order chi connectivity index (χ0) is 12.4. The maximum Gasteiger partial charge on any atom is 0.222 e. The fraction of sp³-hybridized carbons (Fsp3) is 0.917. The summed E-state index contributed by atoms with van der Waals surface area (Å²) < 4.78 is 5.11. The van der Waals surface area contributed by atoms with Crippen molar-refractivity contribution < 1.29 is 14.6 Å². The van der Waals surface area contributed by atoms with Crippen molar-refractivity contribution in [3.8, 4) is 0 Å². The number of ether oxygens (including phenoxy) is 1. The molecule has 0 rings (SSSR count). The maximum absolute atomic E-state index is 11.4. The molecule has 0 saturated heterocycles. The number of aliphatic hydroxyl groups is 1. The lowest BCUT2D eigenvalue weighted by Crippen LogP contribution is -2.34. The first-order valence-electron chi connectivity index (χ1n) is 5.97. The van der Waals surface area contributed by atoms with Crippen molar-refractivity contribution in [1.29, 1.82) is 0 Å². The van der Waals surface area contributed by atoms with Gasteiger partial charge in [-0.25, -0.2) is 0 Å². The van der Waals surface area contributed by atoms with Crippen LogP contribution in [0.15, 0.2) is 0 Å². The van der Waals surface area contributed by atoms with Crippen molar-refractivity contribution >= 4 is 5.91 Å². The van der Waals surface area contributed by atoms with Crippen molar-refractivity contribution in [3.05, 3.63) is 0 Å². The summed E-state index contributed by atoms with van der Waals surface area (Å²) in [6, 6.07) is 0. The number of aliphatic hydroxyl groups excluding tert-OH is 1. The molecule has 0 radical (unpaired) electrons. The quantitative estimate of drug-likeness (QED) is 0.589. The Bertz CT molecular complexity index is 193. The van der Waals surface area contributed by atoms with Gasteiger partial charge in [0.1, 0.15) is 0 Å². The number of hydrogen-bond acceptors (Lipinski definition) is 3. The fourth-order valence-corrected chi connectivity index (χ4v) is 1.38. The molecule has 1 amide bonds. The molecule has 0 aliphatic carbocycles. The van der Waals surface area contributed by atoms with E-state index < -0.39 is 0 Å². The smallest absolute Gasteiger partial charge is 0.222 e. The van der Waals surface area contributed by atoms with Gasteiger partial charge in [-0.2, -0.15) is 0 Å². The van der Waals surface area contributed by atoms with Crippen LogP contribution < -0.4 is 5.32 Å². The van der Waals surface area contributed by atoms with Gasteiger partial charge in [-0.15, -0.1) is 0 Å². The van der Waals surface area contributed by atoms with Crippen LogP contribution in [0.2, 0.25) is 0 Å². The van der Waals surface area contributed by atoms with E-state index in [0.717, 1.165) is 12.8 Å². The predicted molar refractivity (Wildman–Crippen MR) is 64.2 cm³/mol. The molecule has 16 heavy (non-hydrogen) atoms. The molecular formula is C12H25NO3. The van der Waals surface area contributed by atoms with Crippen LogP contribution in [0.25, 0.3) is 0 Å². The number of nitrogens with one attached hydrogen (secondary N) is 1. The molecule has 0 heterocycles. The molecule has 4 nitrogen and oxygen atoms in total. The fourth-order valence-electron chi connectivity index (χ4n) is 1.38. The van der Waals surface area contributed by atoms with Crippen molar-refractivity contribution in [2.24, 2.45) is 5.41 Å². The SMILES string of the molecule is CCOCCC(=O)NCC(C)(C)CCCO. The van der Waals surface area contributed by atoms with Crippen LogP contribution in [0.5, 0.6) is 0 Å². The van der Waals surface area contributed by atoms with Crippen LogP contribution in [0.4, 0.5) is 0 Å². The predicted octanol–water partition coefficient (Wildman–Crippen LogP) is 1.33. The summed E-state index contributed by atoms with van der Waals surface area (Å²) >= 11 is 0. The number of carbonyl (C=O) groups is 1. The van der Waals surface area contributed by atoms with E-state index in [0.29, 0.717) is 26.2 Å². The molecule has 0 saturated carbocycles. The molecule has 0 aromatic heterocycles. The zero-order valence-electron chi connectivity index (χ0n) is 10.7. The van der Waals surface area contributed by atoms with Crippen molar-refractivity contribution in [3.63, 3.8) is 0 Å². The van der Waals surface area contributed by atoms with Crippen molar-refractivity contribution in [2.45, 2.75) is 40.0 Å². The topological polar surface area (TPSA) is 58.6 Å². The van der Waals surface area contributed by atoms with Gasteiger partial charge in [-0.1, -0.05) is 13.8 Å². The number of hydrogen-bond donors (Lipinski definition) is 2. The molecule has 4 heteroatoms. The second-order valence-electron chi connectivity index (χ2n) is 4.72. The Balaban J connectivity index is 3.64. The summed E-state index contributed by atoms with van der Waals surface area (Å²) in [6.07, 6.45) is 2.11. The van der Waals surface area contributed by atoms with Crippen LogP contribution >= 0.6 is 0 Å². The first kappa shape index (κ1) is 15.4. The van der Waals surface area contributed by atoms with Gasteiger partial charge in [0, 0.05) is 26.2 Å². The lowest BCUT2D eigenvalue weighted by atomic mass is 9.88. The van der Waals surface area contributed by atoms with Gasteiger partial charge < -0.3 is 15.2 Å². The van der Waals surface area contributed by atoms with Gasteiger partial charge in [0.15, 0.2) is 0 Å². The minimum Gasteiger partial charge on any atom is -0.396 e. The summed E-state index contributed by atoms with van der Waals surface area (Å²) in [5.41, 5.74) is 0.0456. The molecule has 0 unspecified atom stereocenters. The van der Waals surface area contributed by atoms with E-state index >= 15 is 0 Å². The van der Waals surface area contributed by atoms with Gasteiger partial charge in [-0.05, 0) is 25.2 Å². The molecule has 0 bridgehead atoms. The summed E-state index contributed by atoms with van der Waals surface area (Å²) in [5.74, 6) is 0.0329. The lowest BCUT2D eigenvalue weighted by molar-refractivity contribution is -0.122. The normalized spacial score (nSPS) is 11.5. The summed E-state index contributed by atoms with van der Waals surface area (Å²) in [5, 5.41) is 11.6. The van der Waals surface area contributed by atoms with E-state index in [1.54, 1.807) is 0 Å². The Labute approximate surface area is 98.4 Å². The Morgan fingerprint density at radius 1 is 1.44 bits per heavy atom. The van der Waals surface area contributed by atoms with E-state index in [9.17, 15) is 4.79 Å². The standard InChI is InChI=1S/C12H25NO3/c1-4-16-9-6-11(15)13-10-12(2,3)7-5-8-14/h14H,4-10H2,1-3H3,(H,13,15). The van der Waals surface area contributed by atoms with Crippen LogP contribution in [-0.2, 0) is 9.53 Å². The number of rotatable bonds is 9. The minimum absolute atomic E-state index is 0.0329. The van der Waals surface area contributed by atoms with Crippen LogP contribution in [0, 0.1) is 5.41 Å². The summed E-state index contributed by atoms with van der Waals surface area (Å²) in [6.45, 7) is 8.08. The van der Waals surface area contributed by atoms with Gasteiger partial charge in [0.05, 0.1) is 6.61 Å². The van der Waals surface area contributed by atoms with E-state index in [4.69, 9.17) is 9.84 Å². The molecular weight excluding hydrogens is 206 g/mol. The summed E-state index contributed by atoms with van der Waals surface area (Å²) in [7, 11) is 0. The molecule has 0 aromatic rings. The van der Waals surface area contributed by atoms with E-state index in [1.807, 2.05) is 6.92 Å². The third-order valence-electron chi connectivity index (χ3n) is 2.45. The Hall–Kier alpha value is -0.610. The first-order chi connectivity index (χ1) is 7.52. The zero-order valence-corrected chi connectivity index (χ0v) is 10.7. The first-order valence-corrected chi connectivity index (χ1v) is 5.97. The molecule has 0 spiro atoms. The van der Waals surface area contributed by atoms with Gasteiger partial charge in [0.25, 0.3) is 0 Å². The van der Waals surface area contributed by atoms with E-state index in [1.165, 1.54) is 0 Å². The summed E-state index contributed by atoms with van der Waals surface area (Å²) in [4.78, 5) is 11.4. The number of carbonyl (C=O) groups excluding carboxylic acids is 1. The average Bonchev–Trinajstić information content (AvgIpc) is 2.24. The lowest BCUT2D eigenvalue weighted by Gasteiger charge is -2.24. The highest BCUT2D eigenvalue weighted by Crippen LogP contribution is 2.20. The third-order valence-corrected chi connectivity index (χ3v) is 2.45. The highest BCUT2D eigenvalue weighted by atomic mass is 16.5. The Morgan fingerprint density at radius 2 is 2.12 bits per heavy atom. The van der Waals surface area contributed by atoms with Gasteiger partial charge in [0.2, 0.25) is 5.91 Å². The van der Waals surface area contributed by atoms with E-state index in [-0.39, 0.29) is 17.9 Å². The van der Waals surface area contributed by atoms with Gasteiger partial charge >= 0.3 is 0 Å². The molecule has 0 aromatic carbocycles. The van der Waals surface area contributed by atoms with Crippen LogP contribution in [0.3, 0.4) is 0 Å². The minimum atomic E-state index is 0.0329. The molecule has 0 aliphatic rings. The van der Waals surface area contributed by atoms with Crippen LogP contribution in [0.1, 0.15) is 40.0 Å². The van der Waals surface area contributed by atoms with Crippen molar-refractivity contribution in [2.75, 3.05) is 26.4 Å². The highest BCUT2D eigenvalue weighted by Gasteiger charge is 2.17. The highest BCUT2D eigenvalue weighted by molar-refractivity contribution is 5.75. The molecule has 0 aliphatic heterocycles. The third kappa shape index (κ3) is 8.68.